The summed E-state index contributed by atoms with van der Waals surface area (Å²) in [6.45, 7) is 3.82. The zero-order valence-corrected chi connectivity index (χ0v) is 10.4. The van der Waals surface area contributed by atoms with E-state index < -0.39 is 15.8 Å². The Morgan fingerprint density at radius 2 is 2.00 bits per heavy atom. The first-order chi connectivity index (χ1) is 7.43. The van der Waals surface area contributed by atoms with Gasteiger partial charge in [0, 0.05) is 25.4 Å². The molecule has 1 N–H and O–H groups in total. The second kappa shape index (κ2) is 5.63. The Morgan fingerprint density at radius 1 is 1.38 bits per heavy atom. The van der Waals surface area contributed by atoms with Gasteiger partial charge in [-0.2, -0.15) is 0 Å². The lowest BCUT2D eigenvalue weighted by Gasteiger charge is -2.38. The minimum Gasteiger partial charge on any atom is -0.481 e. The van der Waals surface area contributed by atoms with E-state index in [-0.39, 0.29) is 23.8 Å². The van der Waals surface area contributed by atoms with Crippen molar-refractivity contribution in [2.24, 2.45) is 5.92 Å². The molecule has 6 heteroatoms. The number of carbonyl (C=O) groups is 1. The van der Waals surface area contributed by atoms with Gasteiger partial charge in [-0.05, 0) is 12.3 Å². The zero-order valence-electron chi connectivity index (χ0n) is 9.55. The van der Waals surface area contributed by atoms with Crippen molar-refractivity contribution in [3.8, 4) is 0 Å². The number of carboxylic acids is 1. The molecular weight excluding hydrogens is 230 g/mol. The summed E-state index contributed by atoms with van der Waals surface area (Å²) >= 11 is 0. The monoisotopic (exact) mass is 249 g/mol. The molecule has 0 atom stereocenters. The van der Waals surface area contributed by atoms with Gasteiger partial charge in [0.1, 0.15) is 0 Å². The predicted molar refractivity (Wildman–Crippen MR) is 61.1 cm³/mol. The summed E-state index contributed by atoms with van der Waals surface area (Å²) in [6, 6.07) is 0. The Bertz CT molecular complexity index is 333. The lowest BCUT2D eigenvalue weighted by molar-refractivity contribution is -0.139. The van der Waals surface area contributed by atoms with Gasteiger partial charge in [-0.3, -0.25) is 4.79 Å². The van der Waals surface area contributed by atoms with Crippen molar-refractivity contribution in [2.75, 3.05) is 31.1 Å². The van der Waals surface area contributed by atoms with E-state index in [1.54, 1.807) is 0 Å². The molecule has 1 aliphatic heterocycles. The fourth-order valence-corrected chi connectivity index (χ4v) is 3.28. The van der Waals surface area contributed by atoms with Crippen LogP contribution in [0.3, 0.4) is 0 Å². The van der Waals surface area contributed by atoms with Crippen LogP contribution in [0.25, 0.3) is 0 Å². The largest absolute Gasteiger partial charge is 0.481 e. The average Bonchev–Trinajstić information content (AvgIpc) is 2.08. The Balaban J connectivity index is 2.16. The third-order valence-corrected chi connectivity index (χ3v) is 4.56. The van der Waals surface area contributed by atoms with E-state index in [2.05, 4.69) is 0 Å². The van der Waals surface area contributed by atoms with Crippen molar-refractivity contribution in [2.45, 2.75) is 19.8 Å². The van der Waals surface area contributed by atoms with Crippen molar-refractivity contribution in [1.82, 2.24) is 4.90 Å². The molecule has 94 valence electrons. The van der Waals surface area contributed by atoms with Gasteiger partial charge in [0.2, 0.25) is 0 Å². The van der Waals surface area contributed by atoms with E-state index in [0.717, 1.165) is 0 Å². The Labute approximate surface area is 96.4 Å². The molecule has 0 saturated carbocycles. The fourth-order valence-electron chi connectivity index (χ4n) is 1.92. The minimum atomic E-state index is -2.90. The van der Waals surface area contributed by atoms with Crippen molar-refractivity contribution >= 4 is 15.8 Å². The highest BCUT2D eigenvalue weighted by atomic mass is 32.2. The van der Waals surface area contributed by atoms with Gasteiger partial charge in [-0.1, -0.05) is 6.92 Å². The van der Waals surface area contributed by atoms with Gasteiger partial charge in [-0.25, -0.2) is 8.42 Å². The highest BCUT2D eigenvalue weighted by Gasteiger charge is 2.28. The maximum atomic E-state index is 11.4. The molecular formula is C10H19NO4S. The topological polar surface area (TPSA) is 74.7 Å². The van der Waals surface area contributed by atoms with Crippen molar-refractivity contribution in [3.63, 3.8) is 0 Å². The van der Waals surface area contributed by atoms with E-state index in [9.17, 15) is 13.2 Å². The van der Waals surface area contributed by atoms with Crippen LogP contribution in [0.4, 0.5) is 0 Å². The van der Waals surface area contributed by atoms with Crippen molar-refractivity contribution in [1.29, 1.82) is 0 Å². The van der Waals surface area contributed by atoms with E-state index in [0.29, 0.717) is 26.1 Å². The number of nitrogens with zero attached hydrogens (tertiary/aromatic N) is 1. The van der Waals surface area contributed by atoms with Gasteiger partial charge in [0.05, 0.1) is 12.2 Å². The lowest BCUT2D eigenvalue weighted by atomic mass is 9.97. The van der Waals surface area contributed by atoms with Gasteiger partial charge < -0.3 is 10.0 Å². The molecule has 0 bridgehead atoms. The van der Waals surface area contributed by atoms with Crippen LogP contribution in [0, 0.1) is 5.92 Å². The summed E-state index contributed by atoms with van der Waals surface area (Å²) in [5, 5.41) is 8.55. The smallest absolute Gasteiger partial charge is 0.303 e. The van der Waals surface area contributed by atoms with Gasteiger partial charge in [0.15, 0.2) is 9.84 Å². The summed E-state index contributed by atoms with van der Waals surface area (Å²) in [4.78, 5) is 12.4. The number of hydrogen-bond acceptors (Lipinski definition) is 4. The Hall–Kier alpha value is -0.620. The normalized spacial score (nSPS) is 18.3. The molecule has 0 spiro atoms. The molecule has 0 aromatic carbocycles. The molecule has 0 aliphatic carbocycles. The summed E-state index contributed by atoms with van der Waals surface area (Å²) in [6.07, 6.45) is 0.849. The third-order valence-electron chi connectivity index (χ3n) is 2.73. The van der Waals surface area contributed by atoms with Crippen LogP contribution in [0.1, 0.15) is 19.8 Å². The molecule has 1 fully saturated rings. The van der Waals surface area contributed by atoms with Crippen molar-refractivity contribution in [3.05, 3.63) is 0 Å². The molecule has 1 saturated heterocycles. The van der Waals surface area contributed by atoms with Crippen LogP contribution in [0.2, 0.25) is 0 Å². The summed E-state index contributed by atoms with van der Waals surface area (Å²) in [5.41, 5.74) is 0. The van der Waals surface area contributed by atoms with Crippen LogP contribution in [-0.2, 0) is 14.6 Å². The van der Waals surface area contributed by atoms with Crippen LogP contribution < -0.4 is 0 Å². The highest BCUT2D eigenvalue weighted by Crippen LogP contribution is 2.18. The Morgan fingerprint density at radius 3 is 2.50 bits per heavy atom. The fraction of sp³-hybridized carbons (Fsp3) is 0.900. The minimum absolute atomic E-state index is 0.193. The maximum Gasteiger partial charge on any atom is 0.303 e. The Kier molecular flexibility index (Phi) is 4.73. The standard InChI is InChI=1S/C10H19NO4S/c1-2-4-16(14,15)5-3-11-7-9(8-11)6-10(12)13/h9H,2-8H2,1H3,(H,12,13). The van der Waals surface area contributed by atoms with Crippen LogP contribution in [0.15, 0.2) is 0 Å². The SMILES string of the molecule is CCCS(=O)(=O)CCN1CC(CC(=O)O)C1. The number of sulfone groups is 1. The molecule has 0 radical (unpaired) electrons. The first-order valence-corrected chi connectivity index (χ1v) is 7.39. The zero-order chi connectivity index (χ0) is 12.2. The van der Waals surface area contributed by atoms with E-state index >= 15 is 0 Å². The molecule has 1 rings (SSSR count). The number of likely N-dealkylation sites (tertiary alicyclic amines) is 1. The maximum absolute atomic E-state index is 11.4. The first kappa shape index (κ1) is 13.4. The van der Waals surface area contributed by atoms with E-state index in [4.69, 9.17) is 5.11 Å². The number of aliphatic carboxylic acids is 1. The molecule has 0 aromatic rings. The first-order valence-electron chi connectivity index (χ1n) is 5.57. The number of hydrogen-bond donors (Lipinski definition) is 1. The average molecular weight is 249 g/mol. The highest BCUT2D eigenvalue weighted by molar-refractivity contribution is 7.91. The summed E-state index contributed by atoms with van der Waals surface area (Å²) in [5.74, 6) is -0.130. The van der Waals surface area contributed by atoms with E-state index in [1.165, 1.54) is 0 Å². The number of rotatable bonds is 7. The molecule has 1 heterocycles. The molecule has 16 heavy (non-hydrogen) atoms. The predicted octanol–water partition coefficient (Wildman–Crippen LogP) is 0.218. The molecule has 0 unspecified atom stereocenters. The quantitative estimate of drug-likeness (QED) is 0.698. The second-order valence-electron chi connectivity index (χ2n) is 4.38. The summed E-state index contributed by atoms with van der Waals surface area (Å²) < 4.78 is 22.8. The van der Waals surface area contributed by atoms with Gasteiger partial charge in [-0.15, -0.1) is 0 Å². The van der Waals surface area contributed by atoms with Gasteiger partial charge in [0.25, 0.3) is 0 Å². The number of carboxylic acid groups (broad SMARTS) is 1. The second-order valence-corrected chi connectivity index (χ2v) is 6.68. The molecule has 0 amide bonds. The molecule has 1 aliphatic rings. The molecule has 0 aromatic heterocycles. The van der Waals surface area contributed by atoms with E-state index in [1.807, 2.05) is 11.8 Å². The van der Waals surface area contributed by atoms with Crippen molar-refractivity contribution < 1.29 is 18.3 Å². The van der Waals surface area contributed by atoms with Gasteiger partial charge >= 0.3 is 5.97 Å². The molecule has 5 nitrogen and oxygen atoms in total. The lowest BCUT2D eigenvalue weighted by Crippen LogP contribution is -2.49. The van der Waals surface area contributed by atoms with Crippen LogP contribution in [0.5, 0.6) is 0 Å². The summed E-state index contributed by atoms with van der Waals surface area (Å²) in [7, 11) is -2.90. The van der Waals surface area contributed by atoms with Crippen LogP contribution in [-0.4, -0.2) is 55.5 Å². The third kappa shape index (κ3) is 4.49. The van der Waals surface area contributed by atoms with Crippen LogP contribution >= 0.6 is 0 Å².